The van der Waals surface area contributed by atoms with E-state index in [-0.39, 0.29) is 11.8 Å². The average molecular weight is 335 g/mol. The van der Waals surface area contributed by atoms with Crippen LogP contribution in [-0.4, -0.2) is 33.7 Å². The van der Waals surface area contributed by atoms with Gasteiger partial charge in [-0.1, -0.05) is 29.8 Å². The Morgan fingerprint density at radius 3 is 2.76 bits per heavy atom. The Morgan fingerprint density at radius 2 is 2.04 bits per heavy atom. The van der Waals surface area contributed by atoms with Crippen molar-refractivity contribution in [3.05, 3.63) is 65.7 Å². The van der Waals surface area contributed by atoms with Gasteiger partial charge in [0.15, 0.2) is 5.69 Å². The second-order valence-electron chi connectivity index (χ2n) is 6.66. The quantitative estimate of drug-likeness (QED) is 0.734. The highest BCUT2D eigenvalue weighted by Crippen LogP contribution is 2.29. The number of aryl methyl sites for hydroxylation is 2. The Balaban J connectivity index is 1.53. The van der Waals surface area contributed by atoms with Gasteiger partial charge in [0, 0.05) is 26.1 Å². The first-order valence-electron chi connectivity index (χ1n) is 8.55. The monoisotopic (exact) mass is 335 g/mol. The summed E-state index contributed by atoms with van der Waals surface area (Å²) in [6.07, 6.45) is 2.61. The fourth-order valence-corrected chi connectivity index (χ4v) is 3.43. The zero-order valence-electron chi connectivity index (χ0n) is 14.5. The van der Waals surface area contributed by atoms with E-state index in [1.165, 1.54) is 5.56 Å². The molecule has 3 heterocycles. The Morgan fingerprint density at radius 1 is 1.24 bits per heavy atom. The molecular formula is C20H21N3O2. The number of aromatic nitrogens is 2. The van der Waals surface area contributed by atoms with Crippen LogP contribution >= 0.6 is 0 Å². The molecule has 0 aliphatic carbocycles. The molecule has 5 nitrogen and oxygen atoms in total. The molecule has 0 saturated carbocycles. The van der Waals surface area contributed by atoms with Crippen molar-refractivity contribution in [1.29, 1.82) is 0 Å². The van der Waals surface area contributed by atoms with E-state index in [4.69, 9.17) is 4.42 Å². The third-order valence-electron chi connectivity index (χ3n) is 4.87. The molecule has 1 saturated heterocycles. The summed E-state index contributed by atoms with van der Waals surface area (Å²) in [6.45, 7) is 3.48. The van der Waals surface area contributed by atoms with Gasteiger partial charge in [-0.25, -0.2) is 0 Å². The molecule has 1 unspecified atom stereocenters. The minimum absolute atomic E-state index is 0.0111. The van der Waals surface area contributed by atoms with E-state index < -0.39 is 0 Å². The number of carbonyl (C=O) groups is 1. The van der Waals surface area contributed by atoms with Crippen LogP contribution < -0.4 is 0 Å². The first kappa shape index (κ1) is 15.7. The van der Waals surface area contributed by atoms with Gasteiger partial charge in [0.1, 0.15) is 5.76 Å². The molecule has 1 atom stereocenters. The lowest BCUT2D eigenvalue weighted by atomic mass is 10.1. The summed E-state index contributed by atoms with van der Waals surface area (Å²) in [5.74, 6) is 1.22. The van der Waals surface area contributed by atoms with E-state index in [2.05, 4.69) is 36.3 Å². The van der Waals surface area contributed by atoms with Crippen molar-refractivity contribution < 1.29 is 9.21 Å². The predicted octanol–water partition coefficient (Wildman–Crippen LogP) is 3.62. The van der Waals surface area contributed by atoms with Crippen LogP contribution in [0.2, 0.25) is 0 Å². The van der Waals surface area contributed by atoms with Gasteiger partial charge in [0.25, 0.3) is 5.91 Å². The van der Waals surface area contributed by atoms with Crippen molar-refractivity contribution in [3.63, 3.8) is 0 Å². The average Bonchev–Trinajstić information content (AvgIpc) is 3.35. The Labute approximate surface area is 146 Å². The predicted molar refractivity (Wildman–Crippen MR) is 95.4 cm³/mol. The SMILES string of the molecule is Cc1ccc(-c2cc(C(=O)N3CCC(c4ccco4)C3)nn2C)cc1. The molecule has 128 valence electrons. The molecule has 1 aliphatic rings. The van der Waals surface area contributed by atoms with Crippen LogP contribution in [0.15, 0.2) is 53.1 Å². The fourth-order valence-electron chi connectivity index (χ4n) is 3.43. The molecule has 4 rings (SSSR count). The highest BCUT2D eigenvalue weighted by atomic mass is 16.3. The molecule has 1 aliphatic heterocycles. The summed E-state index contributed by atoms with van der Waals surface area (Å²) >= 11 is 0. The minimum atomic E-state index is -0.0111. The van der Waals surface area contributed by atoms with Gasteiger partial charge in [-0.3, -0.25) is 9.48 Å². The van der Waals surface area contributed by atoms with Crippen molar-refractivity contribution >= 4 is 5.91 Å². The number of nitrogens with zero attached hydrogens (tertiary/aromatic N) is 3. The van der Waals surface area contributed by atoms with Gasteiger partial charge in [-0.2, -0.15) is 5.10 Å². The molecule has 2 aromatic heterocycles. The minimum Gasteiger partial charge on any atom is -0.469 e. The summed E-state index contributed by atoms with van der Waals surface area (Å²) in [5, 5.41) is 4.44. The topological polar surface area (TPSA) is 51.3 Å². The number of likely N-dealkylation sites (tertiary alicyclic amines) is 1. The fraction of sp³-hybridized carbons (Fsp3) is 0.300. The number of carbonyl (C=O) groups excluding carboxylic acids is 1. The van der Waals surface area contributed by atoms with Crippen molar-refractivity contribution in [2.24, 2.45) is 7.05 Å². The van der Waals surface area contributed by atoms with E-state index in [9.17, 15) is 4.79 Å². The van der Waals surface area contributed by atoms with Gasteiger partial charge in [0.05, 0.1) is 12.0 Å². The molecule has 0 bridgehead atoms. The Kier molecular flexibility index (Phi) is 3.92. The maximum absolute atomic E-state index is 12.8. The molecular weight excluding hydrogens is 314 g/mol. The summed E-state index contributed by atoms with van der Waals surface area (Å²) < 4.78 is 7.26. The van der Waals surface area contributed by atoms with Crippen molar-refractivity contribution in [1.82, 2.24) is 14.7 Å². The van der Waals surface area contributed by atoms with Gasteiger partial charge in [-0.15, -0.1) is 0 Å². The number of furan rings is 1. The van der Waals surface area contributed by atoms with E-state index in [1.807, 2.05) is 30.1 Å². The smallest absolute Gasteiger partial charge is 0.274 e. The van der Waals surface area contributed by atoms with Crippen LogP contribution in [0.1, 0.15) is 34.2 Å². The maximum atomic E-state index is 12.8. The van der Waals surface area contributed by atoms with Crippen LogP contribution in [0.4, 0.5) is 0 Å². The maximum Gasteiger partial charge on any atom is 0.274 e. The first-order chi connectivity index (χ1) is 12.1. The highest BCUT2D eigenvalue weighted by molar-refractivity contribution is 5.93. The third kappa shape index (κ3) is 2.97. The molecule has 1 aromatic carbocycles. The number of hydrogen-bond donors (Lipinski definition) is 0. The third-order valence-corrected chi connectivity index (χ3v) is 4.87. The largest absolute Gasteiger partial charge is 0.469 e. The van der Waals surface area contributed by atoms with Gasteiger partial charge >= 0.3 is 0 Å². The second-order valence-corrected chi connectivity index (χ2v) is 6.66. The Hall–Kier alpha value is -2.82. The van der Waals surface area contributed by atoms with Crippen LogP contribution in [-0.2, 0) is 7.05 Å². The molecule has 3 aromatic rings. The molecule has 1 fully saturated rings. The number of hydrogen-bond acceptors (Lipinski definition) is 3. The van der Waals surface area contributed by atoms with E-state index in [0.717, 1.165) is 30.0 Å². The lowest BCUT2D eigenvalue weighted by Gasteiger charge is -2.14. The van der Waals surface area contributed by atoms with Gasteiger partial charge in [0.2, 0.25) is 0 Å². The van der Waals surface area contributed by atoms with Crippen molar-refractivity contribution in [2.45, 2.75) is 19.3 Å². The van der Waals surface area contributed by atoms with E-state index >= 15 is 0 Å². The first-order valence-corrected chi connectivity index (χ1v) is 8.55. The summed E-state index contributed by atoms with van der Waals surface area (Å²) in [4.78, 5) is 14.7. The Bertz CT molecular complexity index is 878. The normalized spacial score (nSPS) is 17.2. The second kappa shape index (κ2) is 6.24. The van der Waals surface area contributed by atoms with Gasteiger partial charge in [-0.05, 0) is 37.1 Å². The van der Waals surface area contributed by atoms with Crippen LogP contribution in [0.3, 0.4) is 0 Å². The van der Waals surface area contributed by atoms with Crippen molar-refractivity contribution in [3.8, 4) is 11.3 Å². The zero-order valence-corrected chi connectivity index (χ0v) is 14.5. The van der Waals surface area contributed by atoms with E-state index in [1.54, 1.807) is 10.9 Å². The standard InChI is InChI=1S/C20H21N3O2/c1-14-5-7-15(8-6-14)18-12-17(21-22(18)2)20(24)23-10-9-16(13-23)19-4-3-11-25-19/h3-8,11-12,16H,9-10,13H2,1-2H3. The van der Waals surface area contributed by atoms with Gasteiger partial charge < -0.3 is 9.32 Å². The van der Waals surface area contributed by atoms with Crippen LogP contribution in [0.5, 0.6) is 0 Å². The molecule has 1 amide bonds. The van der Waals surface area contributed by atoms with E-state index in [0.29, 0.717) is 12.2 Å². The molecule has 0 N–H and O–H groups in total. The number of benzene rings is 1. The summed E-state index contributed by atoms with van der Waals surface area (Å²) in [7, 11) is 1.88. The zero-order chi connectivity index (χ0) is 17.4. The molecule has 0 spiro atoms. The lowest BCUT2D eigenvalue weighted by molar-refractivity contribution is 0.0783. The molecule has 25 heavy (non-hydrogen) atoms. The molecule has 0 radical (unpaired) electrons. The molecule has 5 heteroatoms. The van der Waals surface area contributed by atoms with Crippen LogP contribution in [0.25, 0.3) is 11.3 Å². The lowest BCUT2D eigenvalue weighted by Crippen LogP contribution is -2.28. The number of rotatable bonds is 3. The summed E-state index contributed by atoms with van der Waals surface area (Å²) in [6, 6.07) is 14.0. The number of amides is 1. The summed E-state index contributed by atoms with van der Waals surface area (Å²) in [5.41, 5.74) is 3.72. The highest BCUT2D eigenvalue weighted by Gasteiger charge is 2.30. The van der Waals surface area contributed by atoms with Crippen LogP contribution in [0, 0.1) is 6.92 Å². The van der Waals surface area contributed by atoms with Crippen molar-refractivity contribution in [2.75, 3.05) is 13.1 Å².